The number of halogens is 1. The third kappa shape index (κ3) is 2.12. The first-order valence-corrected chi connectivity index (χ1v) is 6.49. The molecule has 4 heteroatoms. The van der Waals surface area contributed by atoms with Crippen LogP contribution in [-0.4, -0.2) is 10.9 Å². The van der Waals surface area contributed by atoms with Crippen LogP contribution in [0.5, 0.6) is 0 Å². The molecule has 0 aliphatic rings. The Balaban J connectivity index is 2.27. The molecule has 20 heavy (non-hydrogen) atoms. The van der Waals surface area contributed by atoms with Crippen LogP contribution in [0, 0.1) is 0 Å². The molecule has 3 aromatic rings. The summed E-state index contributed by atoms with van der Waals surface area (Å²) in [7, 11) is 0. The first-order valence-electron chi connectivity index (χ1n) is 6.11. The summed E-state index contributed by atoms with van der Waals surface area (Å²) < 4.78 is 0. The first kappa shape index (κ1) is 12.6. The number of aromatic nitrogens is 1. The van der Waals surface area contributed by atoms with Gasteiger partial charge in [0, 0.05) is 16.0 Å². The number of benzene rings is 2. The molecule has 1 amide bonds. The highest BCUT2D eigenvalue weighted by atomic mass is 35.5. The second-order valence-corrected chi connectivity index (χ2v) is 4.83. The van der Waals surface area contributed by atoms with Crippen molar-refractivity contribution in [2.45, 2.75) is 0 Å². The molecule has 0 unspecified atom stereocenters. The van der Waals surface area contributed by atoms with Gasteiger partial charge in [0.15, 0.2) is 0 Å². The number of hydrogen-bond acceptors (Lipinski definition) is 2. The van der Waals surface area contributed by atoms with Gasteiger partial charge in [-0.15, -0.1) is 0 Å². The van der Waals surface area contributed by atoms with Gasteiger partial charge in [0.2, 0.25) is 0 Å². The SMILES string of the molecule is NC(=O)c1cccc2ccc(-c3ccccc3Cl)nc12. The van der Waals surface area contributed by atoms with E-state index < -0.39 is 5.91 Å². The Bertz CT molecular complexity index is 814. The van der Waals surface area contributed by atoms with Gasteiger partial charge < -0.3 is 5.73 Å². The van der Waals surface area contributed by atoms with Crippen LogP contribution in [0.25, 0.3) is 22.2 Å². The highest BCUT2D eigenvalue weighted by Gasteiger charge is 2.10. The molecule has 2 aromatic carbocycles. The summed E-state index contributed by atoms with van der Waals surface area (Å²) in [6.07, 6.45) is 0. The normalized spacial score (nSPS) is 10.7. The van der Waals surface area contributed by atoms with Crippen LogP contribution in [0.2, 0.25) is 5.02 Å². The van der Waals surface area contributed by atoms with Gasteiger partial charge in [0.1, 0.15) is 0 Å². The quantitative estimate of drug-likeness (QED) is 0.780. The third-order valence-electron chi connectivity index (χ3n) is 3.14. The molecule has 0 spiro atoms. The fraction of sp³-hybridized carbons (Fsp3) is 0. The summed E-state index contributed by atoms with van der Waals surface area (Å²) in [6.45, 7) is 0. The van der Waals surface area contributed by atoms with E-state index in [1.807, 2.05) is 42.5 Å². The lowest BCUT2D eigenvalue weighted by Crippen LogP contribution is -2.11. The smallest absolute Gasteiger partial charge is 0.250 e. The average molecular weight is 283 g/mol. The van der Waals surface area contributed by atoms with Crippen molar-refractivity contribution in [3.63, 3.8) is 0 Å². The standard InChI is InChI=1S/C16H11ClN2O/c17-13-7-2-1-5-11(13)14-9-8-10-4-3-6-12(16(18)20)15(10)19-14/h1-9H,(H2,18,20). The van der Waals surface area contributed by atoms with Crippen molar-refractivity contribution in [2.24, 2.45) is 5.73 Å². The zero-order valence-electron chi connectivity index (χ0n) is 10.5. The number of primary amides is 1. The number of pyridine rings is 1. The molecule has 3 nitrogen and oxygen atoms in total. The van der Waals surface area contributed by atoms with E-state index in [1.165, 1.54) is 0 Å². The van der Waals surface area contributed by atoms with Gasteiger partial charge in [0.25, 0.3) is 5.91 Å². The summed E-state index contributed by atoms with van der Waals surface area (Å²) in [5, 5.41) is 1.49. The van der Waals surface area contributed by atoms with E-state index in [9.17, 15) is 4.79 Å². The number of fused-ring (bicyclic) bond motifs is 1. The Kier molecular flexibility index (Phi) is 3.12. The monoisotopic (exact) mass is 282 g/mol. The van der Waals surface area contributed by atoms with Crippen molar-refractivity contribution in [2.75, 3.05) is 0 Å². The number of carbonyl (C=O) groups is 1. The average Bonchev–Trinajstić information content (AvgIpc) is 2.46. The third-order valence-corrected chi connectivity index (χ3v) is 3.47. The number of nitrogens with zero attached hydrogens (tertiary/aromatic N) is 1. The van der Waals surface area contributed by atoms with Crippen molar-refractivity contribution in [3.8, 4) is 11.3 Å². The zero-order chi connectivity index (χ0) is 14.1. The minimum atomic E-state index is -0.487. The molecule has 1 heterocycles. The summed E-state index contributed by atoms with van der Waals surface area (Å²) in [6, 6.07) is 16.6. The Labute approximate surface area is 121 Å². The van der Waals surface area contributed by atoms with Crippen LogP contribution in [0.1, 0.15) is 10.4 Å². The molecular formula is C16H11ClN2O. The van der Waals surface area contributed by atoms with E-state index in [0.29, 0.717) is 16.1 Å². The van der Waals surface area contributed by atoms with E-state index in [-0.39, 0.29) is 0 Å². The maximum atomic E-state index is 11.5. The van der Waals surface area contributed by atoms with Gasteiger partial charge in [0.05, 0.1) is 16.8 Å². The molecule has 0 atom stereocenters. The van der Waals surface area contributed by atoms with Crippen LogP contribution >= 0.6 is 11.6 Å². The Hall–Kier alpha value is -2.39. The molecule has 1 aromatic heterocycles. The largest absolute Gasteiger partial charge is 0.366 e. The molecular weight excluding hydrogens is 272 g/mol. The zero-order valence-corrected chi connectivity index (χ0v) is 11.3. The number of hydrogen-bond donors (Lipinski definition) is 1. The number of carbonyl (C=O) groups excluding carboxylic acids is 1. The van der Waals surface area contributed by atoms with E-state index in [2.05, 4.69) is 4.98 Å². The molecule has 0 bridgehead atoms. The van der Waals surface area contributed by atoms with Gasteiger partial charge in [-0.05, 0) is 18.2 Å². The predicted octanol–water partition coefficient (Wildman–Crippen LogP) is 3.65. The number of rotatable bonds is 2. The van der Waals surface area contributed by atoms with Crippen LogP contribution in [-0.2, 0) is 0 Å². The van der Waals surface area contributed by atoms with E-state index in [1.54, 1.807) is 12.1 Å². The first-order chi connectivity index (χ1) is 9.66. The summed E-state index contributed by atoms with van der Waals surface area (Å²) in [4.78, 5) is 16.0. The minimum absolute atomic E-state index is 0.413. The van der Waals surface area contributed by atoms with Crippen LogP contribution in [0.3, 0.4) is 0 Å². The molecule has 0 fully saturated rings. The second kappa shape index (κ2) is 4.94. The van der Waals surface area contributed by atoms with Crippen molar-refractivity contribution in [1.82, 2.24) is 4.98 Å². The van der Waals surface area contributed by atoms with Crippen LogP contribution < -0.4 is 5.73 Å². The molecule has 98 valence electrons. The lowest BCUT2D eigenvalue weighted by molar-refractivity contribution is 0.100. The number of amides is 1. The Morgan fingerprint density at radius 1 is 1.00 bits per heavy atom. The maximum Gasteiger partial charge on any atom is 0.250 e. The van der Waals surface area contributed by atoms with E-state index in [4.69, 9.17) is 17.3 Å². The van der Waals surface area contributed by atoms with Gasteiger partial charge >= 0.3 is 0 Å². The lowest BCUT2D eigenvalue weighted by Gasteiger charge is -2.07. The van der Waals surface area contributed by atoms with Gasteiger partial charge in [-0.1, -0.05) is 48.0 Å². The summed E-state index contributed by atoms with van der Waals surface area (Å²) >= 11 is 6.18. The molecule has 0 aliphatic carbocycles. The van der Waals surface area contributed by atoms with Crippen molar-refractivity contribution in [1.29, 1.82) is 0 Å². The van der Waals surface area contributed by atoms with Gasteiger partial charge in [-0.25, -0.2) is 4.98 Å². The number of para-hydroxylation sites is 1. The van der Waals surface area contributed by atoms with E-state index in [0.717, 1.165) is 16.6 Å². The van der Waals surface area contributed by atoms with Gasteiger partial charge in [-0.3, -0.25) is 4.79 Å². The summed E-state index contributed by atoms with van der Waals surface area (Å²) in [5.41, 5.74) is 7.95. The fourth-order valence-corrected chi connectivity index (χ4v) is 2.40. The molecule has 0 aliphatic heterocycles. The fourth-order valence-electron chi connectivity index (χ4n) is 2.16. The minimum Gasteiger partial charge on any atom is -0.366 e. The molecule has 0 saturated heterocycles. The second-order valence-electron chi connectivity index (χ2n) is 4.42. The Morgan fingerprint density at radius 2 is 1.80 bits per heavy atom. The molecule has 2 N–H and O–H groups in total. The van der Waals surface area contributed by atoms with E-state index >= 15 is 0 Å². The topological polar surface area (TPSA) is 56.0 Å². The van der Waals surface area contributed by atoms with Crippen molar-refractivity contribution < 1.29 is 4.79 Å². The van der Waals surface area contributed by atoms with Crippen LogP contribution in [0.15, 0.2) is 54.6 Å². The predicted molar refractivity (Wildman–Crippen MR) is 80.7 cm³/mol. The molecule has 3 rings (SSSR count). The summed E-state index contributed by atoms with van der Waals surface area (Å²) in [5.74, 6) is -0.487. The Morgan fingerprint density at radius 3 is 2.55 bits per heavy atom. The lowest BCUT2D eigenvalue weighted by atomic mass is 10.1. The highest BCUT2D eigenvalue weighted by Crippen LogP contribution is 2.28. The van der Waals surface area contributed by atoms with Gasteiger partial charge in [-0.2, -0.15) is 0 Å². The molecule has 0 saturated carbocycles. The maximum absolute atomic E-state index is 11.5. The van der Waals surface area contributed by atoms with Crippen molar-refractivity contribution in [3.05, 3.63) is 65.2 Å². The number of nitrogens with two attached hydrogens (primary N) is 1. The molecule has 0 radical (unpaired) electrons. The van der Waals surface area contributed by atoms with Crippen LogP contribution in [0.4, 0.5) is 0 Å². The highest BCUT2D eigenvalue weighted by molar-refractivity contribution is 6.33. The van der Waals surface area contributed by atoms with Crippen molar-refractivity contribution >= 4 is 28.4 Å².